The lowest BCUT2D eigenvalue weighted by Crippen LogP contribution is -2.41. The zero-order chi connectivity index (χ0) is 12.1. The summed E-state index contributed by atoms with van der Waals surface area (Å²) in [5.41, 5.74) is -0.942. The van der Waals surface area contributed by atoms with Crippen LogP contribution in [0.5, 0.6) is 0 Å². The number of carboxylic acids is 1. The number of hydrogen-bond donors (Lipinski definition) is 2. The Balaban J connectivity index is 4.05. The number of carboxylic acid groups (broad SMARTS) is 1. The van der Waals surface area contributed by atoms with Crippen molar-refractivity contribution in [2.75, 3.05) is 20.3 Å². The molecule has 88 valence electrons. The van der Waals surface area contributed by atoms with Gasteiger partial charge < -0.3 is 15.2 Å². The van der Waals surface area contributed by atoms with E-state index >= 15 is 0 Å². The molecule has 0 saturated heterocycles. The highest BCUT2D eigenvalue weighted by Gasteiger charge is 2.28. The number of nitrogens with one attached hydrogen (secondary N) is 1. The van der Waals surface area contributed by atoms with E-state index < -0.39 is 11.4 Å². The Morgan fingerprint density at radius 1 is 1.47 bits per heavy atom. The van der Waals surface area contributed by atoms with Gasteiger partial charge in [-0.1, -0.05) is 6.92 Å². The Hall–Kier alpha value is -1.10. The molecule has 1 amide bonds. The molecule has 0 spiro atoms. The lowest BCUT2D eigenvalue weighted by molar-refractivity contribution is -0.146. The minimum absolute atomic E-state index is 0.120. The van der Waals surface area contributed by atoms with E-state index in [-0.39, 0.29) is 18.4 Å². The van der Waals surface area contributed by atoms with E-state index in [0.29, 0.717) is 6.61 Å². The molecule has 0 aliphatic rings. The van der Waals surface area contributed by atoms with Crippen LogP contribution in [0.2, 0.25) is 0 Å². The lowest BCUT2D eigenvalue weighted by Gasteiger charge is -2.20. The first-order chi connectivity index (χ1) is 6.81. The molecular weight excluding hydrogens is 198 g/mol. The third-order valence-corrected chi connectivity index (χ3v) is 2.15. The predicted molar refractivity (Wildman–Crippen MR) is 55.5 cm³/mol. The van der Waals surface area contributed by atoms with E-state index in [9.17, 15) is 9.59 Å². The minimum Gasteiger partial charge on any atom is -0.481 e. The average molecular weight is 217 g/mol. The van der Waals surface area contributed by atoms with Crippen LogP contribution in [0.15, 0.2) is 0 Å². The molecule has 0 aliphatic heterocycles. The molecule has 0 aliphatic carbocycles. The summed E-state index contributed by atoms with van der Waals surface area (Å²) < 4.78 is 4.83. The van der Waals surface area contributed by atoms with Crippen molar-refractivity contribution in [3.05, 3.63) is 0 Å². The Morgan fingerprint density at radius 3 is 2.40 bits per heavy atom. The fraction of sp³-hybridized carbons (Fsp3) is 0.800. The first-order valence-electron chi connectivity index (χ1n) is 4.81. The van der Waals surface area contributed by atoms with Crippen LogP contribution in [0.1, 0.15) is 20.8 Å². The van der Waals surface area contributed by atoms with Gasteiger partial charge in [-0.25, -0.2) is 0 Å². The van der Waals surface area contributed by atoms with Crippen molar-refractivity contribution >= 4 is 11.9 Å². The second-order valence-corrected chi connectivity index (χ2v) is 4.26. The Morgan fingerprint density at radius 2 is 2.00 bits per heavy atom. The summed E-state index contributed by atoms with van der Waals surface area (Å²) in [7, 11) is 1.52. The molecule has 15 heavy (non-hydrogen) atoms. The second kappa shape index (κ2) is 5.70. The number of ether oxygens (including phenoxy) is 1. The van der Waals surface area contributed by atoms with Crippen LogP contribution in [0.4, 0.5) is 0 Å². The number of carbonyl (C=O) groups is 2. The molecule has 1 unspecified atom stereocenters. The van der Waals surface area contributed by atoms with E-state index in [1.807, 2.05) is 0 Å². The summed E-state index contributed by atoms with van der Waals surface area (Å²) >= 11 is 0. The third kappa shape index (κ3) is 4.78. The molecule has 5 nitrogen and oxygen atoms in total. The van der Waals surface area contributed by atoms with E-state index in [1.54, 1.807) is 20.8 Å². The van der Waals surface area contributed by atoms with Crippen LogP contribution in [0.25, 0.3) is 0 Å². The van der Waals surface area contributed by atoms with Crippen molar-refractivity contribution in [2.45, 2.75) is 20.8 Å². The fourth-order valence-corrected chi connectivity index (χ4v) is 0.884. The van der Waals surface area contributed by atoms with E-state index in [2.05, 4.69) is 5.32 Å². The SMILES string of the molecule is COCC(C)C(=O)NCC(C)(C)C(=O)O. The standard InChI is InChI=1S/C10H19NO4/c1-7(5-15-4)8(12)11-6-10(2,3)9(13)14/h7H,5-6H2,1-4H3,(H,11,12)(H,13,14). The Bertz CT molecular complexity index is 238. The number of amides is 1. The van der Waals surface area contributed by atoms with Crippen molar-refractivity contribution in [2.24, 2.45) is 11.3 Å². The van der Waals surface area contributed by atoms with Gasteiger partial charge in [0.1, 0.15) is 0 Å². The molecule has 0 saturated carbocycles. The first-order valence-corrected chi connectivity index (χ1v) is 4.81. The van der Waals surface area contributed by atoms with E-state index in [4.69, 9.17) is 9.84 Å². The molecule has 5 heteroatoms. The molecule has 0 aromatic carbocycles. The quantitative estimate of drug-likeness (QED) is 0.679. The molecule has 1 atom stereocenters. The highest BCUT2D eigenvalue weighted by Crippen LogP contribution is 2.13. The van der Waals surface area contributed by atoms with Gasteiger partial charge in [-0.3, -0.25) is 9.59 Å². The highest BCUT2D eigenvalue weighted by molar-refractivity contribution is 5.80. The third-order valence-electron chi connectivity index (χ3n) is 2.15. The Kier molecular flexibility index (Phi) is 5.28. The van der Waals surface area contributed by atoms with Crippen molar-refractivity contribution < 1.29 is 19.4 Å². The van der Waals surface area contributed by atoms with Crippen LogP contribution in [0, 0.1) is 11.3 Å². The van der Waals surface area contributed by atoms with Crippen LogP contribution in [-0.4, -0.2) is 37.2 Å². The van der Waals surface area contributed by atoms with Crippen LogP contribution in [-0.2, 0) is 14.3 Å². The fourth-order valence-electron chi connectivity index (χ4n) is 0.884. The van der Waals surface area contributed by atoms with Crippen LogP contribution >= 0.6 is 0 Å². The summed E-state index contributed by atoms with van der Waals surface area (Å²) in [6.45, 7) is 5.31. The van der Waals surface area contributed by atoms with Gasteiger partial charge in [0, 0.05) is 13.7 Å². The molecule has 2 N–H and O–H groups in total. The van der Waals surface area contributed by atoms with Gasteiger partial charge in [-0.15, -0.1) is 0 Å². The first kappa shape index (κ1) is 13.9. The van der Waals surface area contributed by atoms with Gasteiger partial charge in [0.2, 0.25) is 5.91 Å². The molecule has 0 aromatic rings. The van der Waals surface area contributed by atoms with E-state index in [1.165, 1.54) is 7.11 Å². The normalized spacial score (nSPS) is 13.3. The maximum absolute atomic E-state index is 11.4. The summed E-state index contributed by atoms with van der Waals surface area (Å²) in [6, 6.07) is 0. The maximum atomic E-state index is 11.4. The highest BCUT2D eigenvalue weighted by atomic mass is 16.5. The molecule has 0 fully saturated rings. The number of methoxy groups -OCH3 is 1. The van der Waals surface area contributed by atoms with Crippen molar-refractivity contribution in [3.63, 3.8) is 0 Å². The van der Waals surface area contributed by atoms with Crippen molar-refractivity contribution in [1.82, 2.24) is 5.32 Å². The topological polar surface area (TPSA) is 75.6 Å². The van der Waals surface area contributed by atoms with Gasteiger partial charge >= 0.3 is 5.97 Å². The van der Waals surface area contributed by atoms with Gasteiger partial charge in [-0.2, -0.15) is 0 Å². The van der Waals surface area contributed by atoms with Crippen LogP contribution < -0.4 is 5.32 Å². The summed E-state index contributed by atoms with van der Waals surface area (Å²) in [5.74, 6) is -1.38. The predicted octanol–water partition coefficient (Wildman–Crippen LogP) is 0.496. The molecule has 0 bridgehead atoms. The van der Waals surface area contributed by atoms with Gasteiger partial charge in [0.15, 0.2) is 0 Å². The van der Waals surface area contributed by atoms with Gasteiger partial charge in [0.05, 0.1) is 17.9 Å². The monoisotopic (exact) mass is 217 g/mol. The molecule has 0 aromatic heterocycles. The molecule has 0 radical (unpaired) electrons. The van der Waals surface area contributed by atoms with Gasteiger partial charge in [0.25, 0.3) is 0 Å². The lowest BCUT2D eigenvalue weighted by atomic mass is 9.93. The van der Waals surface area contributed by atoms with Crippen LogP contribution in [0.3, 0.4) is 0 Å². The number of aliphatic carboxylic acids is 1. The number of carbonyl (C=O) groups excluding carboxylic acids is 1. The van der Waals surface area contributed by atoms with Crippen molar-refractivity contribution in [3.8, 4) is 0 Å². The largest absolute Gasteiger partial charge is 0.481 e. The van der Waals surface area contributed by atoms with E-state index in [0.717, 1.165) is 0 Å². The molecule has 0 rings (SSSR count). The zero-order valence-corrected chi connectivity index (χ0v) is 9.66. The maximum Gasteiger partial charge on any atom is 0.310 e. The number of rotatable bonds is 6. The number of hydrogen-bond acceptors (Lipinski definition) is 3. The smallest absolute Gasteiger partial charge is 0.310 e. The molecular formula is C10H19NO4. The van der Waals surface area contributed by atoms with Gasteiger partial charge in [-0.05, 0) is 13.8 Å². The summed E-state index contributed by atoms with van der Waals surface area (Å²) in [5, 5.41) is 11.4. The summed E-state index contributed by atoms with van der Waals surface area (Å²) in [6.07, 6.45) is 0. The second-order valence-electron chi connectivity index (χ2n) is 4.26. The molecule has 0 heterocycles. The Labute approximate surface area is 89.8 Å². The average Bonchev–Trinajstić information content (AvgIpc) is 2.14. The van der Waals surface area contributed by atoms with Crippen molar-refractivity contribution in [1.29, 1.82) is 0 Å². The summed E-state index contributed by atoms with van der Waals surface area (Å²) in [4.78, 5) is 22.2. The zero-order valence-electron chi connectivity index (χ0n) is 9.66. The minimum atomic E-state index is -0.942.